The van der Waals surface area contributed by atoms with E-state index < -0.39 is 24.6 Å². The van der Waals surface area contributed by atoms with Crippen LogP contribution in [0.2, 0.25) is 0 Å². The molecule has 2 aromatic carbocycles. The van der Waals surface area contributed by atoms with Crippen LogP contribution in [-0.4, -0.2) is 24.6 Å². The van der Waals surface area contributed by atoms with Crippen molar-refractivity contribution in [2.24, 2.45) is 0 Å². The molecule has 1 amide bonds. The number of nitriles is 1. The van der Waals surface area contributed by atoms with Crippen LogP contribution in [0.5, 0.6) is 5.75 Å². The maximum Gasteiger partial charge on any atom is 0.347 e. The molecular formula is C21H22N2O4S. The van der Waals surface area contributed by atoms with Crippen molar-refractivity contribution in [3.8, 4) is 11.2 Å². The minimum atomic E-state index is -0.833. The van der Waals surface area contributed by atoms with Gasteiger partial charge in [0.2, 0.25) is 0 Å². The highest BCUT2D eigenvalue weighted by molar-refractivity contribution is 8.03. The van der Waals surface area contributed by atoms with Crippen LogP contribution in [0.4, 0.5) is 5.69 Å². The molecule has 0 radical (unpaired) electrons. The van der Waals surface area contributed by atoms with Crippen molar-refractivity contribution >= 4 is 29.3 Å². The number of anilines is 1. The molecule has 7 heteroatoms. The molecule has 1 atom stereocenters. The number of carbonyl (C=O) groups is 2. The van der Waals surface area contributed by atoms with Crippen LogP contribution in [0.25, 0.3) is 0 Å². The lowest BCUT2D eigenvalue weighted by molar-refractivity contribution is -0.153. The lowest BCUT2D eigenvalue weighted by Crippen LogP contribution is -2.30. The molecule has 0 aliphatic carbocycles. The van der Waals surface area contributed by atoms with Gasteiger partial charge in [-0.1, -0.05) is 12.1 Å². The third kappa shape index (κ3) is 6.03. The molecular weight excluding hydrogens is 376 g/mol. The normalized spacial score (nSPS) is 11.2. The van der Waals surface area contributed by atoms with E-state index in [0.717, 1.165) is 33.3 Å². The summed E-state index contributed by atoms with van der Waals surface area (Å²) in [5, 5.41) is 13.5. The fraction of sp³-hybridized carbons (Fsp3) is 0.286. The van der Waals surface area contributed by atoms with Crippen molar-refractivity contribution < 1.29 is 19.1 Å². The largest absolute Gasteiger partial charge is 0.479 e. The zero-order chi connectivity index (χ0) is 20.7. The smallest absolute Gasteiger partial charge is 0.347 e. The van der Waals surface area contributed by atoms with Gasteiger partial charge in [-0.05, 0) is 80.4 Å². The van der Waals surface area contributed by atoms with Crippen LogP contribution < -0.4 is 10.1 Å². The Balaban J connectivity index is 1.90. The van der Waals surface area contributed by atoms with E-state index >= 15 is 0 Å². The number of nitrogens with one attached hydrogen (secondary N) is 1. The Hall–Kier alpha value is -2.98. The third-order valence-corrected chi connectivity index (χ3v) is 4.48. The van der Waals surface area contributed by atoms with E-state index in [9.17, 15) is 9.59 Å². The van der Waals surface area contributed by atoms with Crippen molar-refractivity contribution in [3.05, 3.63) is 53.1 Å². The van der Waals surface area contributed by atoms with Gasteiger partial charge in [-0.3, -0.25) is 4.79 Å². The fourth-order valence-corrected chi connectivity index (χ4v) is 3.18. The summed E-state index contributed by atoms with van der Waals surface area (Å²) in [5.41, 5.74) is 3.32. The van der Waals surface area contributed by atoms with E-state index in [4.69, 9.17) is 14.7 Å². The second kappa shape index (κ2) is 9.81. The molecule has 0 bridgehead atoms. The van der Waals surface area contributed by atoms with Gasteiger partial charge in [0.05, 0.1) is 0 Å². The van der Waals surface area contributed by atoms with Crippen molar-refractivity contribution in [1.82, 2.24) is 0 Å². The number of aryl methyl sites for hydroxylation is 3. The van der Waals surface area contributed by atoms with Gasteiger partial charge in [-0.15, -0.1) is 0 Å². The fourth-order valence-electron chi connectivity index (χ4n) is 2.60. The first-order valence-electron chi connectivity index (χ1n) is 8.67. The summed E-state index contributed by atoms with van der Waals surface area (Å²) in [6.45, 7) is 6.77. The standard InChI is InChI=1S/C21H22N2O4S/c1-13-6-5-7-17(8-13)27-16(4)21(25)26-11-19(24)23-20-14(2)9-18(28-12-22)10-15(20)3/h5-10,16H,11H2,1-4H3,(H,23,24)/t16-/m1/s1. The average Bonchev–Trinajstić information content (AvgIpc) is 2.63. The van der Waals surface area contributed by atoms with E-state index in [1.807, 2.05) is 56.5 Å². The van der Waals surface area contributed by atoms with E-state index in [1.54, 1.807) is 13.0 Å². The minimum absolute atomic E-state index is 0.409. The van der Waals surface area contributed by atoms with Crippen LogP contribution in [0.3, 0.4) is 0 Å². The van der Waals surface area contributed by atoms with Crippen LogP contribution in [0, 0.1) is 31.4 Å². The lowest BCUT2D eigenvalue weighted by atomic mass is 10.1. The average molecular weight is 398 g/mol. The van der Waals surface area contributed by atoms with Crippen LogP contribution in [0.15, 0.2) is 41.3 Å². The summed E-state index contributed by atoms with van der Waals surface area (Å²) in [6.07, 6.45) is -0.833. The molecule has 2 rings (SSSR count). The Bertz CT molecular complexity index is 898. The molecule has 146 valence electrons. The van der Waals surface area contributed by atoms with Gasteiger partial charge in [0.1, 0.15) is 11.2 Å². The number of hydrogen-bond acceptors (Lipinski definition) is 6. The van der Waals surface area contributed by atoms with E-state index in [1.165, 1.54) is 0 Å². The van der Waals surface area contributed by atoms with Gasteiger partial charge >= 0.3 is 5.97 Å². The van der Waals surface area contributed by atoms with E-state index in [2.05, 4.69) is 5.32 Å². The number of amides is 1. The monoisotopic (exact) mass is 398 g/mol. The SMILES string of the molecule is Cc1cccc(O[C@H](C)C(=O)OCC(=O)Nc2c(C)cc(SC#N)cc2C)c1. The Morgan fingerprint density at radius 3 is 2.46 bits per heavy atom. The molecule has 0 unspecified atom stereocenters. The number of ether oxygens (including phenoxy) is 2. The summed E-state index contributed by atoms with van der Waals surface area (Å²) < 4.78 is 10.6. The topological polar surface area (TPSA) is 88.4 Å². The summed E-state index contributed by atoms with van der Waals surface area (Å²) in [7, 11) is 0. The highest BCUT2D eigenvalue weighted by Gasteiger charge is 2.18. The van der Waals surface area contributed by atoms with E-state index in [-0.39, 0.29) is 0 Å². The molecule has 0 aromatic heterocycles. The quantitative estimate of drug-likeness (QED) is 0.428. The highest BCUT2D eigenvalue weighted by Crippen LogP contribution is 2.27. The van der Waals surface area contributed by atoms with Crippen LogP contribution in [-0.2, 0) is 14.3 Å². The predicted molar refractivity (Wildman–Crippen MR) is 108 cm³/mol. The predicted octanol–water partition coefficient (Wildman–Crippen LogP) is 4.13. The number of benzene rings is 2. The maximum atomic E-state index is 12.2. The minimum Gasteiger partial charge on any atom is -0.479 e. The van der Waals surface area contributed by atoms with Crippen molar-refractivity contribution in [1.29, 1.82) is 5.26 Å². The molecule has 6 nitrogen and oxygen atoms in total. The zero-order valence-corrected chi connectivity index (χ0v) is 17.1. The summed E-state index contributed by atoms with van der Waals surface area (Å²) in [5.74, 6) is -0.496. The van der Waals surface area contributed by atoms with E-state index in [0.29, 0.717) is 11.4 Å². The Kier molecular flexibility index (Phi) is 7.47. The van der Waals surface area contributed by atoms with Gasteiger partial charge in [0.25, 0.3) is 5.91 Å². The third-order valence-electron chi connectivity index (χ3n) is 3.91. The number of hydrogen-bond donors (Lipinski definition) is 1. The number of nitrogens with zero attached hydrogens (tertiary/aromatic N) is 1. The van der Waals surface area contributed by atoms with Crippen LogP contribution in [0.1, 0.15) is 23.6 Å². The number of rotatable bonds is 7. The van der Waals surface area contributed by atoms with Gasteiger partial charge in [0.15, 0.2) is 12.7 Å². The molecule has 1 N–H and O–H groups in total. The molecule has 0 spiro atoms. The van der Waals surface area contributed by atoms with Crippen molar-refractivity contribution in [3.63, 3.8) is 0 Å². The summed E-state index contributed by atoms with van der Waals surface area (Å²) in [4.78, 5) is 25.1. The highest BCUT2D eigenvalue weighted by atomic mass is 32.2. The number of esters is 1. The molecule has 0 fully saturated rings. The zero-order valence-electron chi connectivity index (χ0n) is 16.2. The molecule has 0 aliphatic heterocycles. The Morgan fingerprint density at radius 2 is 1.86 bits per heavy atom. The van der Waals surface area contributed by atoms with Crippen molar-refractivity contribution in [2.75, 3.05) is 11.9 Å². The van der Waals surface area contributed by atoms with Gasteiger partial charge < -0.3 is 14.8 Å². The molecule has 0 aliphatic rings. The van der Waals surface area contributed by atoms with Crippen molar-refractivity contribution in [2.45, 2.75) is 38.7 Å². The maximum absolute atomic E-state index is 12.2. The Labute approximate surface area is 168 Å². The lowest BCUT2D eigenvalue weighted by Gasteiger charge is -2.15. The first-order valence-corrected chi connectivity index (χ1v) is 9.48. The van der Waals surface area contributed by atoms with Crippen LogP contribution >= 0.6 is 11.8 Å². The molecule has 0 heterocycles. The molecule has 0 saturated carbocycles. The summed E-state index contributed by atoms with van der Waals surface area (Å²) in [6, 6.07) is 11.0. The second-order valence-electron chi connectivity index (χ2n) is 6.36. The van der Waals surface area contributed by atoms with Gasteiger partial charge in [0, 0.05) is 10.6 Å². The first kappa shape index (κ1) is 21.3. The summed E-state index contributed by atoms with van der Waals surface area (Å²) >= 11 is 1.06. The first-order chi connectivity index (χ1) is 13.3. The van der Waals surface area contributed by atoms with Gasteiger partial charge in [-0.2, -0.15) is 5.26 Å². The second-order valence-corrected chi connectivity index (χ2v) is 7.22. The number of thioether (sulfide) groups is 1. The molecule has 2 aromatic rings. The number of thiocyanates is 1. The Morgan fingerprint density at radius 1 is 1.18 bits per heavy atom. The molecule has 0 saturated heterocycles. The van der Waals surface area contributed by atoms with Gasteiger partial charge in [-0.25, -0.2) is 4.79 Å². The molecule has 28 heavy (non-hydrogen) atoms. The number of carbonyl (C=O) groups excluding carboxylic acids is 2.